The van der Waals surface area contributed by atoms with Gasteiger partial charge in [0.25, 0.3) is 5.91 Å². The van der Waals surface area contributed by atoms with Crippen molar-refractivity contribution in [3.8, 4) is 0 Å². The summed E-state index contributed by atoms with van der Waals surface area (Å²) in [5, 5.41) is 3.64. The third-order valence-electron chi connectivity index (χ3n) is 4.09. The summed E-state index contributed by atoms with van der Waals surface area (Å²) in [6, 6.07) is 12.7. The lowest BCUT2D eigenvalue weighted by Gasteiger charge is -2.34. The number of carbonyl (C=O) groups excluding carboxylic acids is 2. The fourth-order valence-electron chi connectivity index (χ4n) is 2.66. The number of esters is 1. The monoisotopic (exact) mass is 423 g/mol. The van der Waals surface area contributed by atoms with Crippen molar-refractivity contribution in [3.63, 3.8) is 0 Å². The molecule has 1 atom stereocenters. The molecule has 6 nitrogen and oxygen atoms in total. The number of alkyl halides is 3. The molecule has 0 radical (unpaired) electrons. The van der Waals surface area contributed by atoms with Crippen molar-refractivity contribution in [2.24, 2.45) is 0 Å². The molecule has 0 bridgehead atoms. The summed E-state index contributed by atoms with van der Waals surface area (Å²) in [4.78, 5) is 28.9. The van der Waals surface area contributed by atoms with Gasteiger partial charge in [0.2, 0.25) is 0 Å². The van der Waals surface area contributed by atoms with Crippen LogP contribution in [0, 0.1) is 6.92 Å². The molecule has 3 aromatic rings. The van der Waals surface area contributed by atoms with Crippen molar-refractivity contribution < 1.29 is 27.5 Å². The maximum atomic E-state index is 14.1. The Morgan fingerprint density at radius 2 is 1.83 bits per heavy atom. The first kappa shape index (κ1) is 20.6. The molecule has 0 unspecified atom stereocenters. The summed E-state index contributed by atoms with van der Waals surface area (Å²) in [5.74, 6) is -2.81. The maximum absolute atomic E-state index is 14.1. The summed E-state index contributed by atoms with van der Waals surface area (Å²) in [7, 11) is 0.807. The van der Waals surface area contributed by atoms with Crippen LogP contribution in [0.25, 0.3) is 10.2 Å². The van der Waals surface area contributed by atoms with E-state index in [0.717, 1.165) is 18.4 Å². The van der Waals surface area contributed by atoms with E-state index in [2.05, 4.69) is 15.0 Å². The molecule has 0 saturated carbocycles. The zero-order valence-electron chi connectivity index (χ0n) is 15.3. The largest absolute Gasteiger partial charge is 0.466 e. The van der Waals surface area contributed by atoms with Crippen LogP contribution >= 0.6 is 11.3 Å². The standard InChI is InChI=1S/C19H16F3N3O3S/c1-11-6-5-7-12(10-11)15(26)24-18(16(27)28-2,19(20,21)22)25-17-23-13-8-3-4-9-14(13)29-17/h3-10H,1-2H3,(H,23,25)(H,24,26)/t18-/m1/s1. The van der Waals surface area contributed by atoms with E-state index < -0.39 is 23.7 Å². The number of amides is 1. The van der Waals surface area contributed by atoms with Crippen LogP contribution < -0.4 is 10.6 Å². The summed E-state index contributed by atoms with van der Waals surface area (Å²) in [6.45, 7) is 1.69. The van der Waals surface area contributed by atoms with Gasteiger partial charge in [-0.25, -0.2) is 9.78 Å². The first-order valence-corrected chi connectivity index (χ1v) is 9.16. The van der Waals surface area contributed by atoms with Gasteiger partial charge >= 0.3 is 17.8 Å². The van der Waals surface area contributed by atoms with Crippen molar-refractivity contribution in [3.05, 3.63) is 59.7 Å². The van der Waals surface area contributed by atoms with Crippen molar-refractivity contribution in [1.82, 2.24) is 10.3 Å². The number of thiazole rings is 1. The molecule has 3 rings (SSSR count). The molecule has 0 aliphatic carbocycles. The molecule has 0 fully saturated rings. The summed E-state index contributed by atoms with van der Waals surface area (Å²) < 4.78 is 47.3. The van der Waals surface area contributed by atoms with Crippen LogP contribution in [-0.4, -0.2) is 35.8 Å². The fourth-order valence-corrected chi connectivity index (χ4v) is 3.58. The highest BCUT2D eigenvalue weighted by molar-refractivity contribution is 7.22. The number of anilines is 1. The van der Waals surface area contributed by atoms with E-state index in [1.165, 1.54) is 18.2 Å². The van der Waals surface area contributed by atoms with Gasteiger partial charge in [-0.1, -0.05) is 41.2 Å². The second-order valence-corrected chi connectivity index (χ2v) is 7.21. The molecule has 1 heterocycles. The van der Waals surface area contributed by atoms with Gasteiger partial charge in [0.05, 0.1) is 17.3 Å². The Hall–Kier alpha value is -3.14. The van der Waals surface area contributed by atoms with Gasteiger partial charge in [-0.05, 0) is 31.2 Å². The minimum atomic E-state index is -5.22. The molecule has 2 N–H and O–H groups in total. The Kier molecular flexibility index (Phi) is 5.47. The Bertz CT molecular complexity index is 1030. The smallest absolute Gasteiger partial charge is 0.442 e. The average molecular weight is 423 g/mol. The summed E-state index contributed by atoms with van der Waals surface area (Å²) in [6.07, 6.45) is -5.22. The second-order valence-electron chi connectivity index (χ2n) is 6.17. The van der Waals surface area contributed by atoms with E-state index in [0.29, 0.717) is 15.8 Å². The van der Waals surface area contributed by atoms with Gasteiger partial charge < -0.3 is 15.4 Å². The zero-order chi connectivity index (χ0) is 21.2. The number of carbonyl (C=O) groups is 2. The summed E-state index contributed by atoms with van der Waals surface area (Å²) >= 11 is 0.912. The van der Waals surface area contributed by atoms with Crippen LogP contribution in [0.2, 0.25) is 0 Å². The highest BCUT2D eigenvalue weighted by Crippen LogP contribution is 2.36. The number of nitrogens with one attached hydrogen (secondary N) is 2. The number of methoxy groups -OCH3 is 1. The first-order chi connectivity index (χ1) is 13.7. The minimum Gasteiger partial charge on any atom is -0.466 e. The van der Waals surface area contributed by atoms with E-state index in [-0.39, 0.29) is 10.7 Å². The average Bonchev–Trinajstić information content (AvgIpc) is 3.08. The number of hydrogen-bond acceptors (Lipinski definition) is 6. The van der Waals surface area contributed by atoms with E-state index in [9.17, 15) is 22.8 Å². The van der Waals surface area contributed by atoms with Crippen molar-refractivity contribution >= 4 is 38.6 Å². The Labute approximate surface area is 167 Å². The predicted molar refractivity (Wildman–Crippen MR) is 103 cm³/mol. The molecule has 29 heavy (non-hydrogen) atoms. The topological polar surface area (TPSA) is 80.3 Å². The van der Waals surface area contributed by atoms with E-state index in [1.54, 1.807) is 42.6 Å². The molecular weight excluding hydrogens is 407 g/mol. The van der Waals surface area contributed by atoms with Crippen molar-refractivity contribution in [2.45, 2.75) is 18.8 Å². The van der Waals surface area contributed by atoms with Crippen LogP contribution in [0.3, 0.4) is 0 Å². The normalized spacial score (nSPS) is 13.6. The fraction of sp³-hybridized carbons (Fsp3) is 0.211. The Morgan fingerprint density at radius 3 is 2.45 bits per heavy atom. The number of halogens is 3. The minimum absolute atomic E-state index is 0.0337. The first-order valence-electron chi connectivity index (χ1n) is 8.34. The quantitative estimate of drug-likeness (QED) is 0.481. The molecule has 1 aromatic heterocycles. The number of ether oxygens (including phenoxy) is 1. The number of rotatable bonds is 5. The number of aromatic nitrogens is 1. The van der Waals surface area contributed by atoms with E-state index in [1.807, 2.05) is 0 Å². The highest BCUT2D eigenvalue weighted by atomic mass is 32.1. The Balaban J connectivity index is 2.05. The van der Waals surface area contributed by atoms with Crippen LogP contribution in [0.15, 0.2) is 48.5 Å². The predicted octanol–water partition coefficient (Wildman–Crippen LogP) is 3.88. The third kappa shape index (κ3) is 4.02. The molecule has 10 heteroatoms. The van der Waals surface area contributed by atoms with Crippen LogP contribution in [0.1, 0.15) is 15.9 Å². The maximum Gasteiger partial charge on any atom is 0.442 e. The molecule has 0 saturated heterocycles. The number of hydrogen-bond donors (Lipinski definition) is 2. The SMILES string of the molecule is COC(=O)[C@@](NC(=O)c1cccc(C)c1)(Nc1nc2ccccc2s1)C(F)(F)F. The van der Waals surface area contributed by atoms with Gasteiger partial charge in [0, 0.05) is 5.56 Å². The van der Waals surface area contributed by atoms with Crippen LogP contribution in [-0.2, 0) is 9.53 Å². The molecule has 0 spiro atoms. The van der Waals surface area contributed by atoms with Gasteiger partial charge in [-0.2, -0.15) is 13.2 Å². The van der Waals surface area contributed by atoms with Gasteiger partial charge in [0.15, 0.2) is 5.13 Å². The molecule has 0 aliphatic rings. The van der Waals surface area contributed by atoms with Crippen LogP contribution in [0.4, 0.5) is 18.3 Å². The van der Waals surface area contributed by atoms with E-state index in [4.69, 9.17) is 0 Å². The van der Waals surface area contributed by atoms with Gasteiger partial charge in [-0.3, -0.25) is 4.79 Å². The Morgan fingerprint density at radius 1 is 1.10 bits per heavy atom. The second kappa shape index (κ2) is 7.70. The number of benzene rings is 2. The number of nitrogens with zero attached hydrogens (tertiary/aromatic N) is 1. The molecule has 2 aromatic carbocycles. The number of aryl methyl sites for hydroxylation is 1. The highest BCUT2D eigenvalue weighted by Gasteiger charge is 2.64. The van der Waals surface area contributed by atoms with Crippen molar-refractivity contribution in [2.75, 3.05) is 12.4 Å². The molecule has 1 amide bonds. The lowest BCUT2D eigenvalue weighted by Crippen LogP contribution is -2.69. The molecule has 152 valence electrons. The van der Waals surface area contributed by atoms with Gasteiger partial charge in [-0.15, -0.1) is 0 Å². The number of fused-ring (bicyclic) bond motifs is 1. The van der Waals surface area contributed by atoms with Crippen LogP contribution in [0.5, 0.6) is 0 Å². The molecule has 0 aliphatic heterocycles. The molecular formula is C19H16F3N3O3S. The lowest BCUT2D eigenvalue weighted by molar-refractivity contribution is -0.203. The lowest BCUT2D eigenvalue weighted by atomic mass is 10.1. The number of para-hydroxylation sites is 1. The third-order valence-corrected chi connectivity index (χ3v) is 5.04. The van der Waals surface area contributed by atoms with Crippen molar-refractivity contribution in [1.29, 1.82) is 0 Å². The van der Waals surface area contributed by atoms with Gasteiger partial charge in [0.1, 0.15) is 0 Å². The summed E-state index contributed by atoms with van der Waals surface area (Å²) in [5.41, 5.74) is -2.43. The zero-order valence-corrected chi connectivity index (χ0v) is 16.1. The van der Waals surface area contributed by atoms with E-state index >= 15 is 0 Å².